The summed E-state index contributed by atoms with van der Waals surface area (Å²) >= 11 is 0. The molecule has 0 aromatic rings. The molecule has 1 amide bonds. The molecule has 1 fully saturated rings. The molecule has 1 saturated heterocycles. The summed E-state index contributed by atoms with van der Waals surface area (Å²) in [5.41, 5.74) is 1.02. The highest BCUT2D eigenvalue weighted by atomic mass is 16.1. The Labute approximate surface area is 73.2 Å². The SMILES string of the molecule is C=C1C[C@H](NC(C)=O)C[C@H](C)N1. The fraction of sp³-hybridized carbons (Fsp3) is 0.667. The van der Waals surface area contributed by atoms with Crippen molar-refractivity contribution in [3.63, 3.8) is 0 Å². The van der Waals surface area contributed by atoms with Crippen LogP contribution in [0.2, 0.25) is 0 Å². The third-order valence-corrected chi connectivity index (χ3v) is 1.99. The predicted octanol–water partition coefficient (Wildman–Crippen LogP) is 0.777. The van der Waals surface area contributed by atoms with E-state index in [1.54, 1.807) is 6.92 Å². The molecule has 0 aliphatic carbocycles. The number of carbonyl (C=O) groups excluding carboxylic acids is 1. The summed E-state index contributed by atoms with van der Waals surface area (Å²) in [6, 6.07) is 0.689. The van der Waals surface area contributed by atoms with Crippen molar-refractivity contribution >= 4 is 5.91 Å². The van der Waals surface area contributed by atoms with Crippen molar-refractivity contribution < 1.29 is 4.79 Å². The summed E-state index contributed by atoms with van der Waals surface area (Å²) in [5.74, 6) is 0.0434. The van der Waals surface area contributed by atoms with Gasteiger partial charge < -0.3 is 10.6 Å². The van der Waals surface area contributed by atoms with Gasteiger partial charge >= 0.3 is 0 Å². The Balaban J connectivity index is 2.44. The minimum Gasteiger partial charge on any atom is -0.386 e. The molecule has 0 aromatic carbocycles. The second-order valence-corrected chi connectivity index (χ2v) is 3.49. The van der Waals surface area contributed by atoms with E-state index in [9.17, 15) is 4.79 Å². The van der Waals surface area contributed by atoms with E-state index < -0.39 is 0 Å². The van der Waals surface area contributed by atoms with Crippen molar-refractivity contribution in [3.8, 4) is 0 Å². The molecule has 0 spiro atoms. The first kappa shape index (κ1) is 9.10. The lowest BCUT2D eigenvalue weighted by molar-refractivity contribution is -0.119. The highest BCUT2D eigenvalue weighted by Gasteiger charge is 2.20. The van der Waals surface area contributed by atoms with E-state index in [4.69, 9.17) is 0 Å². The summed E-state index contributed by atoms with van der Waals surface area (Å²) in [6.07, 6.45) is 1.84. The van der Waals surface area contributed by atoms with Gasteiger partial charge in [0.1, 0.15) is 0 Å². The molecule has 0 unspecified atom stereocenters. The molecular formula is C9H16N2O. The van der Waals surface area contributed by atoms with Gasteiger partial charge in [0.05, 0.1) is 0 Å². The van der Waals surface area contributed by atoms with Crippen molar-refractivity contribution in [2.75, 3.05) is 0 Å². The Morgan fingerprint density at radius 3 is 2.92 bits per heavy atom. The van der Waals surface area contributed by atoms with Gasteiger partial charge in [-0.05, 0) is 13.3 Å². The molecule has 12 heavy (non-hydrogen) atoms. The third-order valence-electron chi connectivity index (χ3n) is 1.99. The normalized spacial score (nSPS) is 29.3. The van der Waals surface area contributed by atoms with Gasteiger partial charge in [0.2, 0.25) is 5.91 Å². The van der Waals surface area contributed by atoms with Gasteiger partial charge in [-0.2, -0.15) is 0 Å². The molecule has 0 saturated carbocycles. The third kappa shape index (κ3) is 2.57. The average molecular weight is 168 g/mol. The highest BCUT2D eigenvalue weighted by molar-refractivity contribution is 5.73. The molecule has 0 bridgehead atoms. The van der Waals surface area contributed by atoms with Gasteiger partial charge in [0.15, 0.2) is 0 Å². The van der Waals surface area contributed by atoms with E-state index in [1.807, 2.05) is 0 Å². The van der Waals surface area contributed by atoms with Crippen LogP contribution in [0, 0.1) is 0 Å². The van der Waals surface area contributed by atoms with Crippen molar-refractivity contribution in [2.45, 2.75) is 38.8 Å². The van der Waals surface area contributed by atoms with Gasteiger partial charge in [-0.3, -0.25) is 4.79 Å². The van der Waals surface area contributed by atoms with Crippen molar-refractivity contribution in [1.29, 1.82) is 0 Å². The second kappa shape index (κ2) is 3.61. The lowest BCUT2D eigenvalue weighted by atomic mass is 9.98. The van der Waals surface area contributed by atoms with Crippen molar-refractivity contribution in [3.05, 3.63) is 12.3 Å². The summed E-state index contributed by atoms with van der Waals surface area (Å²) in [4.78, 5) is 10.8. The zero-order chi connectivity index (χ0) is 9.14. The largest absolute Gasteiger partial charge is 0.386 e. The number of carbonyl (C=O) groups is 1. The Kier molecular flexibility index (Phi) is 2.74. The second-order valence-electron chi connectivity index (χ2n) is 3.49. The van der Waals surface area contributed by atoms with E-state index in [1.165, 1.54) is 0 Å². The summed E-state index contributed by atoms with van der Waals surface area (Å²) < 4.78 is 0. The van der Waals surface area contributed by atoms with Gasteiger partial charge in [-0.25, -0.2) is 0 Å². The quantitative estimate of drug-likeness (QED) is 0.607. The van der Waals surface area contributed by atoms with E-state index >= 15 is 0 Å². The number of piperidine rings is 1. The van der Waals surface area contributed by atoms with Crippen molar-refractivity contribution in [1.82, 2.24) is 10.6 Å². The molecule has 3 nitrogen and oxygen atoms in total. The zero-order valence-corrected chi connectivity index (χ0v) is 7.68. The Bertz CT molecular complexity index is 199. The molecule has 1 aliphatic heterocycles. The fourth-order valence-electron chi connectivity index (χ4n) is 1.67. The molecule has 1 rings (SSSR count). The zero-order valence-electron chi connectivity index (χ0n) is 7.68. The first-order chi connectivity index (χ1) is 5.58. The van der Waals surface area contributed by atoms with E-state index in [2.05, 4.69) is 24.1 Å². The molecular weight excluding hydrogens is 152 g/mol. The number of hydrogen-bond donors (Lipinski definition) is 2. The maximum Gasteiger partial charge on any atom is 0.217 e. The van der Waals surface area contributed by atoms with Crippen LogP contribution in [-0.4, -0.2) is 18.0 Å². The molecule has 1 aliphatic rings. The lowest BCUT2D eigenvalue weighted by Gasteiger charge is -2.30. The minimum absolute atomic E-state index is 0.0434. The van der Waals surface area contributed by atoms with Gasteiger partial charge in [-0.15, -0.1) is 0 Å². The van der Waals surface area contributed by atoms with Crippen LogP contribution in [0.4, 0.5) is 0 Å². The first-order valence-corrected chi connectivity index (χ1v) is 4.29. The smallest absolute Gasteiger partial charge is 0.217 e. The van der Waals surface area contributed by atoms with E-state index in [0.717, 1.165) is 18.5 Å². The minimum atomic E-state index is 0.0434. The fourth-order valence-corrected chi connectivity index (χ4v) is 1.67. The number of hydrogen-bond acceptors (Lipinski definition) is 2. The Morgan fingerprint density at radius 1 is 1.75 bits per heavy atom. The van der Waals surface area contributed by atoms with Crippen LogP contribution in [0.15, 0.2) is 12.3 Å². The number of rotatable bonds is 1. The van der Waals surface area contributed by atoms with Crippen LogP contribution in [0.5, 0.6) is 0 Å². The highest BCUT2D eigenvalue weighted by Crippen LogP contribution is 2.14. The molecule has 2 atom stereocenters. The summed E-state index contributed by atoms with van der Waals surface area (Å²) in [7, 11) is 0. The van der Waals surface area contributed by atoms with Crippen LogP contribution in [-0.2, 0) is 4.79 Å². The Morgan fingerprint density at radius 2 is 2.42 bits per heavy atom. The maximum atomic E-state index is 10.8. The standard InChI is InChI=1S/C9H16N2O/c1-6-4-9(11-8(3)12)5-7(2)10-6/h7,9-10H,1,4-5H2,2-3H3,(H,11,12)/t7-,9-/m0/s1. The lowest BCUT2D eigenvalue weighted by Crippen LogP contribution is -2.44. The predicted molar refractivity (Wildman–Crippen MR) is 48.6 cm³/mol. The molecule has 2 N–H and O–H groups in total. The van der Waals surface area contributed by atoms with Gasteiger partial charge in [0, 0.05) is 31.1 Å². The van der Waals surface area contributed by atoms with Gasteiger partial charge in [0.25, 0.3) is 0 Å². The first-order valence-electron chi connectivity index (χ1n) is 4.29. The molecule has 0 radical (unpaired) electrons. The number of amides is 1. The van der Waals surface area contributed by atoms with E-state index in [0.29, 0.717) is 6.04 Å². The van der Waals surface area contributed by atoms with Crippen LogP contribution in [0.3, 0.4) is 0 Å². The monoisotopic (exact) mass is 168 g/mol. The average Bonchev–Trinajstić information content (AvgIpc) is 1.81. The molecule has 0 aromatic heterocycles. The maximum absolute atomic E-state index is 10.8. The summed E-state index contributed by atoms with van der Waals surface area (Å²) in [5, 5.41) is 6.14. The van der Waals surface area contributed by atoms with Crippen LogP contribution >= 0.6 is 0 Å². The molecule has 3 heteroatoms. The van der Waals surface area contributed by atoms with Crippen molar-refractivity contribution in [2.24, 2.45) is 0 Å². The summed E-state index contributed by atoms with van der Waals surface area (Å²) in [6.45, 7) is 7.51. The number of nitrogens with one attached hydrogen (secondary N) is 2. The van der Waals surface area contributed by atoms with E-state index in [-0.39, 0.29) is 11.9 Å². The van der Waals surface area contributed by atoms with Gasteiger partial charge in [-0.1, -0.05) is 6.58 Å². The van der Waals surface area contributed by atoms with Crippen LogP contribution in [0.25, 0.3) is 0 Å². The Hall–Kier alpha value is -0.990. The topological polar surface area (TPSA) is 41.1 Å². The van der Waals surface area contributed by atoms with Crippen LogP contribution < -0.4 is 10.6 Å². The molecule has 68 valence electrons. The van der Waals surface area contributed by atoms with Crippen LogP contribution in [0.1, 0.15) is 26.7 Å². The molecule has 1 heterocycles.